The van der Waals surface area contributed by atoms with Gasteiger partial charge in [0.2, 0.25) is 0 Å². The normalized spacial score (nSPS) is 20.0. The number of nitrogens with two attached hydrogens (primary N) is 1. The molecule has 3 N–H and O–H groups in total. The third kappa shape index (κ3) is 2.13. The molecule has 0 bridgehead atoms. The lowest BCUT2D eigenvalue weighted by Crippen LogP contribution is -2.32. The number of benzene rings is 1. The van der Waals surface area contributed by atoms with Gasteiger partial charge in [0.05, 0.1) is 6.04 Å². The van der Waals surface area contributed by atoms with Crippen LogP contribution in [0.25, 0.3) is 0 Å². The van der Waals surface area contributed by atoms with E-state index in [0.717, 1.165) is 5.56 Å². The van der Waals surface area contributed by atoms with Crippen LogP contribution in [0, 0.1) is 0 Å². The molecule has 16 heavy (non-hydrogen) atoms. The number of rotatable bonds is 3. The highest BCUT2D eigenvalue weighted by molar-refractivity contribution is 6.31. The van der Waals surface area contributed by atoms with E-state index in [-0.39, 0.29) is 12.1 Å². The van der Waals surface area contributed by atoms with Gasteiger partial charge in [-0.05, 0) is 11.6 Å². The summed E-state index contributed by atoms with van der Waals surface area (Å²) in [5, 5.41) is 3.58. The average molecular weight is 240 g/mol. The first-order valence-corrected chi connectivity index (χ1v) is 5.60. The maximum Gasteiger partial charge on any atom is 0.318 e. The monoisotopic (exact) mass is 239 g/mol. The number of nitrogens with one attached hydrogen (secondary N) is 1. The maximum atomic E-state index is 11.6. The molecule has 1 saturated heterocycles. The minimum Gasteiger partial charge on any atom is -0.329 e. The van der Waals surface area contributed by atoms with Crippen LogP contribution < -0.4 is 11.1 Å². The Morgan fingerprint density at radius 1 is 1.50 bits per heavy atom. The van der Waals surface area contributed by atoms with Crippen LogP contribution in [-0.2, 0) is 0 Å². The van der Waals surface area contributed by atoms with Crippen molar-refractivity contribution >= 4 is 17.6 Å². The molecule has 1 aromatic rings. The number of halogens is 1. The van der Waals surface area contributed by atoms with E-state index in [0.29, 0.717) is 24.7 Å². The van der Waals surface area contributed by atoms with Crippen molar-refractivity contribution in [3.8, 4) is 0 Å². The molecule has 0 saturated carbocycles. The van der Waals surface area contributed by atoms with Gasteiger partial charge in [0.15, 0.2) is 0 Å². The minimum absolute atomic E-state index is 0.0345. The summed E-state index contributed by atoms with van der Waals surface area (Å²) >= 11 is 6.08. The van der Waals surface area contributed by atoms with Crippen LogP contribution >= 0.6 is 11.6 Å². The molecule has 1 aliphatic rings. The number of amides is 2. The first kappa shape index (κ1) is 11.2. The van der Waals surface area contributed by atoms with Gasteiger partial charge < -0.3 is 16.0 Å². The second kappa shape index (κ2) is 4.72. The van der Waals surface area contributed by atoms with Crippen LogP contribution in [0.1, 0.15) is 11.6 Å². The Kier molecular flexibility index (Phi) is 3.31. The quantitative estimate of drug-likeness (QED) is 0.837. The molecule has 1 aromatic carbocycles. The summed E-state index contributed by atoms with van der Waals surface area (Å²) in [6.45, 7) is 1.68. The number of hydrogen-bond donors (Lipinski definition) is 2. The van der Waals surface area contributed by atoms with Gasteiger partial charge >= 0.3 is 6.03 Å². The molecule has 0 radical (unpaired) electrons. The van der Waals surface area contributed by atoms with Crippen LogP contribution in [0.4, 0.5) is 4.79 Å². The van der Waals surface area contributed by atoms with Crippen molar-refractivity contribution < 1.29 is 4.79 Å². The Labute approximate surface area is 99.4 Å². The minimum atomic E-state index is -0.0737. The summed E-state index contributed by atoms with van der Waals surface area (Å²) in [7, 11) is 0. The predicted molar refractivity (Wildman–Crippen MR) is 63.4 cm³/mol. The van der Waals surface area contributed by atoms with Crippen LogP contribution in [0.15, 0.2) is 24.3 Å². The van der Waals surface area contributed by atoms with Crippen molar-refractivity contribution in [2.75, 3.05) is 19.6 Å². The Morgan fingerprint density at radius 3 is 2.94 bits per heavy atom. The second-order valence-corrected chi connectivity index (χ2v) is 4.17. The maximum absolute atomic E-state index is 11.6. The molecule has 2 amide bonds. The van der Waals surface area contributed by atoms with Gasteiger partial charge in [-0.1, -0.05) is 29.8 Å². The SMILES string of the molecule is NCCN1CC(c2ccccc2Cl)NC1=O. The topological polar surface area (TPSA) is 58.4 Å². The third-order valence-electron chi connectivity index (χ3n) is 2.67. The molecule has 0 aliphatic carbocycles. The van der Waals surface area contributed by atoms with E-state index < -0.39 is 0 Å². The summed E-state index contributed by atoms with van der Waals surface area (Å²) in [5.74, 6) is 0. The number of hydrogen-bond acceptors (Lipinski definition) is 2. The first-order valence-electron chi connectivity index (χ1n) is 5.22. The zero-order chi connectivity index (χ0) is 11.5. The van der Waals surface area contributed by atoms with Gasteiger partial charge in [0.25, 0.3) is 0 Å². The molecule has 86 valence electrons. The highest BCUT2D eigenvalue weighted by Gasteiger charge is 2.29. The molecule has 0 spiro atoms. The Balaban J connectivity index is 2.14. The molecule has 1 aliphatic heterocycles. The van der Waals surface area contributed by atoms with Gasteiger partial charge in [-0.2, -0.15) is 0 Å². The molecule has 1 unspecified atom stereocenters. The third-order valence-corrected chi connectivity index (χ3v) is 3.01. The lowest BCUT2D eigenvalue weighted by molar-refractivity contribution is 0.218. The summed E-state index contributed by atoms with van der Waals surface area (Å²) < 4.78 is 0. The molecule has 4 nitrogen and oxygen atoms in total. The molecule has 5 heteroatoms. The summed E-state index contributed by atoms with van der Waals surface area (Å²) in [6.07, 6.45) is 0. The number of carbonyl (C=O) groups excluding carboxylic acids is 1. The fraction of sp³-hybridized carbons (Fsp3) is 0.364. The van der Waals surface area contributed by atoms with E-state index in [1.807, 2.05) is 24.3 Å². The Bertz CT molecular complexity index is 397. The largest absolute Gasteiger partial charge is 0.329 e. The fourth-order valence-electron chi connectivity index (χ4n) is 1.87. The van der Waals surface area contributed by atoms with Gasteiger partial charge in [-0.15, -0.1) is 0 Å². The van der Waals surface area contributed by atoms with Crippen LogP contribution in [-0.4, -0.2) is 30.6 Å². The molecule has 1 heterocycles. The fourth-order valence-corrected chi connectivity index (χ4v) is 2.14. The van der Waals surface area contributed by atoms with Gasteiger partial charge in [0, 0.05) is 24.7 Å². The zero-order valence-corrected chi connectivity index (χ0v) is 9.57. The first-order chi connectivity index (χ1) is 7.72. The van der Waals surface area contributed by atoms with E-state index >= 15 is 0 Å². The smallest absolute Gasteiger partial charge is 0.318 e. The summed E-state index contributed by atoms with van der Waals surface area (Å²) in [6, 6.07) is 7.44. The van der Waals surface area contributed by atoms with Crippen molar-refractivity contribution in [3.05, 3.63) is 34.9 Å². The van der Waals surface area contributed by atoms with Crippen LogP contribution in [0.5, 0.6) is 0 Å². The number of urea groups is 1. The van der Waals surface area contributed by atoms with Gasteiger partial charge in [0.1, 0.15) is 0 Å². The second-order valence-electron chi connectivity index (χ2n) is 3.76. The summed E-state index contributed by atoms with van der Waals surface area (Å²) in [5.41, 5.74) is 6.39. The molecular formula is C11H14ClN3O. The molecule has 2 rings (SSSR count). The molecular weight excluding hydrogens is 226 g/mol. The van der Waals surface area contributed by atoms with E-state index in [9.17, 15) is 4.79 Å². The van der Waals surface area contributed by atoms with E-state index in [4.69, 9.17) is 17.3 Å². The van der Waals surface area contributed by atoms with Crippen LogP contribution in [0.2, 0.25) is 5.02 Å². The lowest BCUT2D eigenvalue weighted by atomic mass is 10.1. The van der Waals surface area contributed by atoms with Gasteiger partial charge in [-0.25, -0.2) is 4.79 Å². The van der Waals surface area contributed by atoms with Crippen molar-refractivity contribution in [2.45, 2.75) is 6.04 Å². The summed E-state index contributed by atoms with van der Waals surface area (Å²) in [4.78, 5) is 13.3. The van der Waals surface area contributed by atoms with E-state index in [1.54, 1.807) is 4.90 Å². The van der Waals surface area contributed by atoms with Crippen molar-refractivity contribution in [2.24, 2.45) is 5.73 Å². The zero-order valence-electron chi connectivity index (χ0n) is 8.82. The highest BCUT2D eigenvalue weighted by Crippen LogP contribution is 2.26. The average Bonchev–Trinajstić information content (AvgIpc) is 2.61. The standard InChI is InChI=1S/C11H14ClN3O/c12-9-4-2-1-3-8(9)10-7-15(6-5-13)11(16)14-10/h1-4,10H,5-7,13H2,(H,14,16). The highest BCUT2D eigenvalue weighted by atomic mass is 35.5. The predicted octanol–water partition coefficient (Wildman–Crippen LogP) is 1.36. The van der Waals surface area contributed by atoms with Crippen molar-refractivity contribution in [1.82, 2.24) is 10.2 Å². The Hall–Kier alpha value is -1.26. The van der Waals surface area contributed by atoms with E-state index in [1.165, 1.54) is 0 Å². The van der Waals surface area contributed by atoms with Crippen LogP contribution in [0.3, 0.4) is 0 Å². The van der Waals surface area contributed by atoms with E-state index in [2.05, 4.69) is 5.32 Å². The number of nitrogens with zero attached hydrogens (tertiary/aromatic N) is 1. The number of carbonyl (C=O) groups is 1. The lowest BCUT2D eigenvalue weighted by Gasteiger charge is -2.13. The van der Waals surface area contributed by atoms with Crippen molar-refractivity contribution in [1.29, 1.82) is 0 Å². The van der Waals surface area contributed by atoms with Gasteiger partial charge in [-0.3, -0.25) is 0 Å². The molecule has 1 atom stereocenters. The van der Waals surface area contributed by atoms with Crippen molar-refractivity contribution in [3.63, 3.8) is 0 Å². The Morgan fingerprint density at radius 2 is 2.25 bits per heavy atom. The molecule has 0 aromatic heterocycles. The molecule has 1 fully saturated rings.